The fraction of sp³-hybridized carbons (Fsp3) is 0.167. The first-order valence-corrected chi connectivity index (χ1v) is 9.16. The Morgan fingerprint density at radius 1 is 1.08 bits per heavy atom. The molecule has 0 aliphatic carbocycles. The predicted molar refractivity (Wildman–Crippen MR) is 97.3 cm³/mol. The quantitative estimate of drug-likeness (QED) is 0.732. The van der Waals surface area contributed by atoms with Gasteiger partial charge in [-0.3, -0.25) is 4.72 Å². The van der Waals surface area contributed by atoms with Gasteiger partial charge in [0.2, 0.25) is 0 Å². The summed E-state index contributed by atoms with van der Waals surface area (Å²) in [6.45, 7) is 3.56. The van der Waals surface area contributed by atoms with Gasteiger partial charge in [0.25, 0.3) is 10.0 Å². The summed E-state index contributed by atoms with van der Waals surface area (Å²) in [5.41, 5.74) is 3.69. The summed E-state index contributed by atoms with van der Waals surface area (Å²) in [5.74, 6) is 0.667. The molecule has 1 heterocycles. The van der Waals surface area contributed by atoms with Crippen molar-refractivity contribution in [2.24, 2.45) is 0 Å². The number of methoxy groups -OCH3 is 1. The fourth-order valence-electron chi connectivity index (χ4n) is 2.61. The molecule has 25 heavy (non-hydrogen) atoms. The molecule has 0 radical (unpaired) electrons. The van der Waals surface area contributed by atoms with Crippen LogP contribution in [0.2, 0.25) is 0 Å². The summed E-state index contributed by atoms with van der Waals surface area (Å²) in [6.07, 6.45) is 3.31. The van der Waals surface area contributed by atoms with E-state index in [9.17, 15) is 8.42 Å². The van der Waals surface area contributed by atoms with Crippen molar-refractivity contribution in [1.29, 1.82) is 0 Å². The van der Waals surface area contributed by atoms with E-state index >= 15 is 0 Å². The highest BCUT2D eigenvalue weighted by Crippen LogP contribution is 2.27. The number of nitrogens with zero attached hydrogens (tertiary/aromatic N) is 1. The molecule has 0 aliphatic rings. The Balaban J connectivity index is 1.88. The zero-order valence-electron chi connectivity index (χ0n) is 14.2. The van der Waals surface area contributed by atoms with Gasteiger partial charge in [0.15, 0.2) is 0 Å². The van der Waals surface area contributed by atoms with Crippen molar-refractivity contribution in [3.05, 3.63) is 60.0 Å². The van der Waals surface area contributed by atoms with E-state index in [4.69, 9.17) is 4.74 Å². The Labute approximate surface area is 146 Å². The molecule has 130 valence electrons. The average molecular weight is 357 g/mol. The molecule has 0 saturated heterocycles. The summed E-state index contributed by atoms with van der Waals surface area (Å²) in [5, 5.41) is 0. The second kappa shape index (κ2) is 6.60. The average Bonchev–Trinajstić information content (AvgIpc) is 3.11. The molecular weight excluding hydrogens is 338 g/mol. The van der Waals surface area contributed by atoms with E-state index in [1.165, 1.54) is 0 Å². The molecular formula is C18H19N3O3S. The molecule has 3 aromatic rings. The Morgan fingerprint density at radius 3 is 2.40 bits per heavy atom. The van der Waals surface area contributed by atoms with Gasteiger partial charge in [-0.15, -0.1) is 0 Å². The third kappa shape index (κ3) is 3.51. The van der Waals surface area contributed by atoms with Crippen LogP contribution in [0.25, 0.3) is 11.3 Å². The Bertz CT molecular complexity index is 979. The van der Waals surface area contributed by atoms with Crippen LogP contribution in [0.1, 0.15) is 11.1 Å². The summed E-state index contributed by atoms with van der Waals surface area (Å²) >= 11 is 0. The molecule has 6 nitrogen and oxygen atoms in total. The molecule has 0 fully saturated rings. The molecule has 0 bridgehead atoms. The summed E-state index contributed by atoms with van der Waals surface area (Å²) in [6, 6.07) is 10.5. The maximum absolute atomic E-state index is 12.7. The maximum Gasteiger partial charge on any atom is 0.262 e. The molecule has 2 N–H and O–H groups in total. The molecule has 7 heteroatoms. The lowest BCUT2D eigenvalue weighted by molar-refractivity contribution is 0.411. The number of ether oxygens (including phenoxy) is 1. The first-order valence-electron chi connectivity index (χ1n) is 7.67. The minimum absolute atomic E-state index is 0.239. The fourth-order valence-corrected chi connectivity index (χ4v) is 3.99. The second-order valence-corrected chi connectivity index (χ2v) is 7.39. The number of aromatic nitrogens is 2. The number of anilines is 1. The van der Waals surface area contributed by atoms with Gasteiger partial charge >= 0.3 is 0 Å². The summed E-state index contributed by atoms with van der Waals surface area (Å²) in [4.78, 5) is 7.22. The molecule has 0 aliphatic heterocycles. The van der Waals surface area contributed by atoms with Gasteiger partial charge in [-0.25, -0.2) is 13.4 Å². The number of hydrogen-bond acceptors (Lipinski definition) is 4. The summed E-state index contributed by atoms with van der Waals surface area (Å²) < 4.78 is 33.3. The lowest BCUT2D eigenvalue weighted by Gasteiger charge is -2.13. The number of nitrogens with one attached hydrogen (secondary N) is 2. The zero-order valence-corrected chi connectivity index (χ0v) is 15.0. The Morgan fingerprint density at radius 2 is 1.80 bits per heavy atom. The largest absolute Gasteiger partial charge is 0.496 e. The Hall–Kier alpha value is -2.80. The Kier molecular flexibility index (Phi) is 4.50. The van der Waals surface area contributed by atoms with Crippen molar-refractivity contribution in [3.63, 3.8) is 0 Å². The van der Waals surface area contributed by atoms with Gasteiger partial charge in [-0.2, -0.15) is 0 Å². The third-order valence-corrected chi connectivity index (χ3v) is 5.45. The molecule has 3 rings (SSSR count). The normalized spacial score (nSPS) is 11.3. The van der Waals surface area contributed by atoms with Gasteiger partial charge in [0.1, 0.15) is 5.75 Å². The number of rotatable bonds is 5. The first kappa shape index (κ1) is 17.0. The van der Waals surface area contributed by atoms with E-state index in [0.29, 0.717) is 17.0 Å². The van der Waals surface area contributed by atoms with Gasteiger partial charge in [0.05, 0.1) is 30.2 Å². The monoisotopic (exact) mass is 357 g/mol. The smallest absolute Gasteiger partial charge is 0.262 e. The molecule has 2 aromatic carbocycles. The van der Waals surface area contributed by atoms with Crippen molar-refractivity contribution >= 4 is 15.7 Å². The minimum atomic E-state index is -3.68. The molecule has 0 unspecified atom stereocenters. The number of sulfonamides is 1. The molecule has 0 atom stereocenters. The van der Waals surface area contributed by atoms with Crippen LogP contribution in [0.3, 0.4) is 0 Å². The van der Waals surface area contributed by atoms with E-state index in [0.717, 1.165) is 16.8 Å². The van der Waals surface area contributed by atoms with Crippen LogP contribution in [-0.2, 0) is 10.0 Å². The number of aromatic amines is 1. The third-order valence-electron chi connectivity index (χ3n) is 3.93. The van der Waals surface area contributed by atoms with Crippen molar-refractivity contribution in [1.82, 2.24) is 9.97 Å². The van der Waals surface area contributed by atoms with Crippen LogP contribution in [0, 0.1) is 13.8 Å². The van der Waals surface area contributed by atoms with E-state index in [1.807, 2.05) is 19.1 Å². The highest BCUT2D eigenvalue weighted by atomic mass is 32.2. The zero-order chi connectivity index (χ0) is 18.0. The van der Waals surface area contributed by atoms with Gasteiger partial charge in [-0.05, 0) is 54.8 Å². The van der Waals surface area contributed by atoms with Gasteiger partial charge in [0, 0.05) is 5.69 Å². The van der Waals surface area contributed by atoms with E-state index in [2.05, 4.69) is 14.7 Å². The second-order valence-electron chi connectivity index (χ2n) is 5.74. The van der Waals surface area contributed by atoms with Crippen LogP contribution in [0.15, 0.2) is 53.8 Å². The van der Waals surface area contributed by atoms with Crippen LogP contribution < -0.4 is 9.46 Å². The molecule has 0 amide bonds. The number of H-pyrrole nitrogens is 1. The number of imidazole rings is 1. The minimum Gasteiger partial charge on any atom is -0.496 e. The van der Waals surface area contributed by atoms with Crippen molar-refractivity contribution in [3.8, 4) is 17.0 Å². The maximum atomic E-state index is 12.7. The lowest BCUT2D eigenvalue weighted by Crippen LogP contribution is -2.14. The van der Waals surface area contributed by atoms with Crippen LogP contribution in [0.5, 0.6) is 5.75 Å². The van der Waals surface area contributed by atoms with E-state index in [-0.39, 0.29) is 4.90 Å². The van der Waals surface area contributed by atoms with Crippen LogP contribution in [0.4, 0.5) is 5.69 Å². The van der Waals surface area contributed by atoms with E-state index in [1.54, 1.807) is 50.8 Å². The summed E-state index contributed by atoms with van der Waals surface area (Å²) in [7, 11) is -2.12. The highest BCUT2D eigenvalue weighted by molar-refractivity contribution is 7.92. The number of benzene rings is 2. The van der Waals surface area contributed by atoms with Crippen molar-refractivity contribution in [2.75, 3.05) is 11.8 Å². The van der Waals surface area contributed by atoms with Crippen LogP contribution >= 0.6 is 0 Å². The van der Waals surface area contributed by atoms with Gasteiger partial charge < -0.3 is 9.72 Å². The lowest BCUT2D eigenvalue weighted by atomic mass is 10.1. The SMILES string of the molecule is COc1cc(C)c(S(=O)(=O)Nc2ccc(-c3cnc[nH]3)cc2)cc1C. The van der Waals surface area contributed by atoms with Crippen molar-refractivity contribution < 1.29 is 13.2 Å². The van der Waals surface area contributed by atoms with Crippen molar-refractivity contribution in [2.45, 2.75) is 18.7 Å². The number of hydrogen-bond donors (Lipinski definition) is 2. The number of aryl methyl sites for hydroxylation is 2. The first-order chi connectivity index (χ1) is 11.9. The van der Waals surface area contributed by atoms with Crippen LogP contribution in [-0.4, -0.2) is 25.5 Å². The predicted octanol–water partition coefficient (Wildman–Crippen LogP) is 3.50. The highest BCUT2D eigenvalue weighted by Gasteiger charge is 2.19. The van der Waals surface area contributed by atoms with Gasteiger partial charge in [-0.1, -0.05) is 12.1 Å². The molecule has 0 spiro atoms. The standard InChI is InChI=1S/C18H19N3O3S/c1-12-9-18(13(2)8-17(12)24-3)25(22,23)21-15-6-4-14(5-7-15)16-10-19-11-20-16/h4-11,21H,1-3H3,(H,19,20). The molecule has 1 aromatic heterocycles. The van der Waals surface area contributed by atoms with E-state index < -0.39 is 10.0 Å². The topological polar surface area (TPSA) is 84.1 Å². The molecule has 0 saturated carbocycles.